The molecule has 0 saturated heterocycles. The van der Waals surface area contributed by atoms with Gasteiger partial charge in [0.2, 0.25) is 0 Å². The fourth-order valence-corrected chi connectivity index (χ4v) is 2.80. The summed E-state index contributed by atoms with van der Waals surface area (Å²) in [6.45, 7) is 0. The molecule has 1 atom stereocenters. The van der Waals surface area contributed by atoms with Crippen molar-refractivity contribution in [3.05, 3.63) is 70.2 Å². The molecule has 1 N–H and O–H groups in total. The summed E-state index contributed by atoms with van der Waals surface area (Å²) in [6, 6.07) is 9.97. The van der Waals surface area contributed by atoms with Gasteiger partial charge < -0.3 is 5.11 Å². The van der Waals surface area contributed by atoms with Crippen molar-refractivity contribution in [2.75, 3.05) is 0 Å². The van der Waals surface area contributed by atoms with Gasteiger partial charge in [-0.3, -0.25) is 9.97 Å². The van der Waals surface area contributed by atoms with Gasteiger partial charge in [0, 0.05) is 28.9 Å². The minimum absolute atomic E-state index is 0.309. The molecule has 3 aromatic rings. The second kappa shape index (κ2) is 5.87. The number of nitrogens with zero attached hydrogens (tertiary/aromatic N) is 2. The second-order valence-corrected chi connectivity index (χ2v) is 5.58. The molecule has 3 nitrogen and oxygen atoms in total. The first-order valence-electron chi connectivity index (χ1n) is 6.47. The Morgan fingerprint density at radius 2 is 1.95 bits per heavy atom. The minimum atomic E-state index is -0.729. The summed E-state index contributed by atoms with van der Waals surface area (Å²) in [5, 5.41) is 10.5. The third kappa shape index (κ3) is 2.94. The lowest BCUT2D eigenvalue weighted by atomic mass is 10.00. The van der Waals surface area contributed by atoms with E-state index >= 15 is 0 Å². The minimum Gasteiger partial charge on any atom is -0.388 e. The maximum Gasteiger partial charge on any atom is 0.124 e. The molecule has 0 radical (unpaired) electrons. The topological polar surface area (TPSA) is 46.0 Å². The highest BCUT2D eigenvalue weighted by atomic mass is 79.9. The van der Waals surface area contributed by atoms with Crippen molar-refractivity contribution in [1.29, 1.82) is 0 Å². The van der Waals surface area contributed by atoms with Crippen LogP contribution in [0.5, 0.6) is 0 Å². The van der Waals surface area contributed by atoms with Gasteiger partial charge in [0.1, 0.15) is 5.82 Å². The molecular weight excluding hydrogens is 335 g/mol. The van der Waals surface area contributed by atoms with Gasteiger partial charge in [-0.25, -0.2) is 4.39 Å². The molecule has 0 aliphatic heterocycles. The number of rotatable bonds is 3. The van der Waals surface area contributed by atoms with Crippen LogP contribution < -0.4 is 0 Å². The molecule has 0 aliphatic carbocycles. The van der Waals surface area contributed by atoms with Gasteiger partial charge in [-0.1, -0.05) is 34.1 Å². The van der Waals surface area contributed by atoms with Gasteiger partial charge >= 0.3 is 0 Å². The molecule has 21 heavy (non-hydrogen) atoms. The van der Waals surface area contributed by atoms with Gasteiger partial charge in [0.05, 0.1) is 17.1 Å². The lowest BCUT2D eigenvalue weighted by molar-refractivity contribution is 0.179. The maximum atomic E-state index is 13.1. The molecule has 5 heteroatoms. The van der Waals surface area contributed by atoms with Crippen LogP contribution in [0.3, 0.4) is 0 Å². The number of benzene rings is 2. The number of hydrogen-bond acceptors (Lipinski definition) is 3. The van der Waals surface area contributed by atoms with Gasteiger partial charge in [-0.15, -0.1) is 0 Å². The molecule has 0 saturated carbocycles. The summed E-state index contributed by atoms with van der Waals surface area (Å²) in [4.78, 5) is 8.51. The highest BCUT2D eigenvalue weighted by molar-refractivity contribution is 9.10. The van der Waals surface area contributed by atoms with E-state index in [0.29, 0.717) is 16.4 Å². The molecule has 0 bridgehead atoms. The normalized spacial score (nSPS) is 12.5. The van der Waals surface area contributed by atoms with Gasteiger partial charge in [0.15, 0.2) is 0 Å². The Hall–Kier alpha value is -1.85. The first-order valence-corrected chi connectivity index (χ1v) is 7.26. The number of hydrogen-bond donors (Lipinski definition) is 1. The van der Waals surface area contributed by atoms with Crippen molar-refractivity contribution in [1.82, 2.24) is 9.97 Å². The van der Waals surface area contributed by atoms with Crippen molar-refractivity contribution in [3.63, 3.8) is 0 Å². The predicted octanol–water partition coefficient (Wildman–Crippen LogP) is 3.81. The molecule has 1 unspecified atom stereocenters. The number of aromatic nitrogens is 2. The molecule has 0 fully saturated rings. The van der Waals surface area contributed by atoms with E-state index in [9.17, 15) is 9.50 Å². The van der Waals surface area contributed by atoms with E-state index in [1.165, 1.54) is 12.1 Å². The van der Waals surface area contributed by atoms with E-state index in [1.54, 1.807) is 18.5 Å². The van der Waals surface area contributed by atoms with Crippen LogP contribution in [0.25, 0.3) is 11.0 Å². The van der Waals surface area contributed by atoms with E-state index in [4.69, 9.17) is 0 Å². The van der Waals surface area contributed by atoms with Crippen molar-refractivity contribution in [2.45, 2.75) is 12.5 Å². The van der Waals surface area contributed by atoms with Crippen LogP contribution in [-0.2, 0) is 6.42 Å². The van der Waals surface area contributed by atoms with Crippen LogP contribution in [-0.4, -0.2) is 15.1 Å². The quantitative estimate of drug-likeness (QED) is 0.784. The zero-order chi connectivity index (χ0) is 14.8. The van der Waals surface area contributed by atoms with Crippen molar-refractivity contribution in [3.8, 4) is 0 Å². The summed E-state index contributed by atoms with van der Waals surface area (Å²) in [5.74, 6) is -0.309. The Morgan fingerprint density at radius 1 is 1.14 bits per heavy atom. The molecule has 1 heterocycles. The number of halogens is 2. The summed E-state index contributed by atoms with van der Waals surface area (Å²) in [5.41, 5.74) is 2.99. The van der Waals surface area contributed by atoms with E-state index in [2.05, 4.69) is 25.9 Å². The molecule has 2 aromatic carbocycles. The number of fused-ring (bicyclic) bond motifs is 1. The fraction of sp³-hybridized carbons (Fsp3) is 0.125. The lowest BCUT2D eigenvalue weighted by Gasteiger charge is -2.14. The van der Waals surface area contributed by atoms with E-state index in [-0.39, 0.29) is 5.82 Å². The van der Waals surface area contributed by atoms with Gasteiger partial charge in [-0.2, -0.15) is 0 Å². The number of para-hydroxylation sites is 1. The zero-order valence-electron chi connectivity index (χ0n) is 11.0. The highest BCUT2D eigenvalue weighted by Gasteiger charge is 2.15. The van der Waals surface area contributed by atoms with Crippen LogP contribution in [0.1, 0.15) is 17.2 Å². The Kier molecular flexibility index (Phi) is 3.94. The summed E-state index contributed by atoms with van der Waals surface area (Å²) in [7, 11) is 0. The lowest BCUT2D eigenvalue weighted by Crippen LogP contribution is -2.04. The van der Waals surface area contributed by atoms with E-state index in [1.807, 2.05) is 18.2 Å². The molecule has 106 valence electrons. The monoisotopic (exact) mass is 346 g/mol. The average Bonchev–Trinajstić information content (AvgIpc) is 2.49. The van der Waals surface area contributed by atoms with E-state index < -0.39 is 6.10 Å². The average molecular weight is 347 g/mol. The predicted molar refractivity (Wildman–Crippen MR) is 82.3 cm³/mol. The second-order valence-electron chi connectivity index (χ2n) is 4.73. The third-order valence-electron chi connectivity index (χ3n) is 3.32. The van der Waals surface area contributed by atoms with Gasteiger partial charge in [-0.05, 0) is 23.8 Å². The smallest absolute Gasteiger partial charge is 0.124 e. The van der Waals surface area contributed by atoms with Crippen molar-refractivity contribution >= 4 is 27.0 Å². The highest BCUT2D eigenvalue weighted by Crippen LogP contribution is 2.27. The third-order valence-corrected chi connectivity index (χ3v) is 4.06. The Bertz CT molecular complexity index is 789. The number of aliphatic hydroxyl groups is 1. The van der Waals surface area contributed by atoms with E-state index in [0.717, 1.165) is 16.6 Å². The molecule has 0 amide bonds. The molecule has 3 rings (SSSR count). The molecule has 0 spiro atoms. The van der Waals surface area contributed by atoms with Crippen molar-refractivity contribution < 1.29 is 9.50 Å². The Labute approximate surface area is 129 Å². The molecule has 0 aliphatic rings. The van der Waals surface area contributed by atoms with Crippen LogP contribution in [0.4, 0.5) is 4.39 Å². The zero-order valence-corrected chi connectivity index (χ0v) is 12.6. The maximum absolute atomic E-state index is 13.1. The molecule has 1 aromatic heterocycles. The standard InChI is InChI=1S/C16H12BrFN2O/c17-13-9-11(18)5-4-10(13)8-15(21)12-2-1-3-14-16(12)20-7-6-19-14/h1-7,9,15,21H,8H2. The first kappa shape index (κ1) is 14.1. The van der Waals surface area contributed by atoms with Crippen LogP contribution in [0.2, 0.25) is 0 Å². The summed E-state index contributed by atoms with van der Waals surface area (Å²) < 4.78 is 13.8. The largest absolute Gasteiger partial charge is 0.388 e. The van der Waals surface area contributed by atoms with Gasteiger partial charge in [0.25, 0.3) is 0 Å². The molecular formula is C16H12BrFN2O. The first-order chi connectivity index (χ1) is 10.1. The summed E-state index contributed by atoms with van der Waals surface area (Å²) in [6.07, 6.45) is 2.87. The van der Waals surface area contributed by atoms with Crippen LogP contribution in [0, 0.1) is 5.82 Å². The Morgan fingerprint density at radius 3 is 2.76 bits per heavy atom. The number of aliphatic hydroxyl groups excluding tert-OH is 1. The summed E-state index contributed by atoms with van der Waals surface area (Å²) >= 11 is 3.32. The SMILES string of the molecule is OC(Cc1ccc(F)cc1Br)c1cccc2nccnc12. The van der Waals surface area contributed by atoms with Crippen molar-refractivity contribution in [2.24, 2.45) is 0 Å². The Balaban J connectivity index is 1.95. The van der Waals surface area contributed by atoms with Crippen LogP contribution in [0.15, 0.2) is 53.3 Å². The fourth-order valence-electron chi connectivity index (χ4n) is 2.29. The van der Waals surface area contributed by atoms with Crippen LogP contribution >= 0.6 is 15.9 Å².